The third kappa shape index (κ3) is 9.73. The lowest BCUT2D eigenvalue weighted by Crippen LogP contribution is -2.31. The fraction of sp³-hybridized carbons (Fsp3) is 0.917. The maximum Gasteiger partial charge on any atom is 0.221 e. The molecule has 3 nitrogen and oxygen atoms in total. The molecule has 0 fully saturated rings. The van der Waals surface area contributed by atoms with E-state index in [-0.39, 0.29) is 11.9 Å². The van der Waals surface area contributed by atoms with Crippen molar-refractivity contribution in [2.75, 3.05) is 6.54 Å². The standard InChI is InChI=1S/C12H26N2O/c1-4-11(13)9-12(15)14-8-6-5-7-10(2)3/h10-11H,4-9,13H2,1-3H3,(H,14,15). The Bertz CT molecular complexity index is 169. The fourth-order valence-corrected chi connectivity index (χ4v) is 1.36. The molecule has 0 aromatic carbocycles. The smallest absolute Gasteiger partial charge is 0.221 e. The van der Waals surface area contributed by atoms with Gasteiger partial charge in [-0.1, -0.05) is 33.6 Å². The van der Waals surface area contributed by atoms with Crippen LogP contribution in [-0.4, -0.2) is 18.5 Å². The second-order valence-electron chi connectivity index (χ2n) is 4.61. The van der Waals surface area contributed by atoms with Crippen molar-refractivity contribution in [1.29, 1.82) is 0 Å². The first-order valence-corrected chi connectivity index (χ1v) is 6.08. The fourth-order valence-electron chi connectivity index (χ4n) is 1.36. The molecule has 0 radical (unpaired) electrons. The van der Waals surface area contributed by atoms with Gasteiger partial charge in [0, 0.05) is 19.0 Å². The molecule has 3 heteroatoms. The van der Waals surface area contributed by atoms with E-state index in [0.717, 1.165) is 25.3 Å². The van der Waals surface area contributed by atoms with Crippen LogP contribution in [0.4, 0.5) is 0 Å². The monoisotopic (exact) mass is 214 g/mol. The molecule has 1 amide bonds. The quantitative estimate of drug-likeness (QED) is 0.608. The van der Waals surface area contributed by atoms with Crippen LogP contribution in [0.1, 0.15) is 52.9 Å². The van der Waals surface area contributed by atoms with Crippen LogP contribution in [0.25, 0.3) is 0 Å². The van der Waals surface area contributed by atoms with Crippen LogP contribution < -0.4 is 11.1 Å². The highest BCUT2D eigenvalue weighted by Crippen LogP contribution is 2.05. The van der Waals surface area contributed by atoms with Crippen molar-refractivity contribution >= 4 is 5.91 Å². The molecule has 1 atom stereocenters. The van der Waals surface area contributed by atoms with E-state index < -0.39 is 0 Å². The van der Waals surface area contributed by atoms with Crippen molar-refractivity contribution in [2.24, 2.45) is 11.7 Å². The van der Waals surface area contributed by atoms with E-state index in [2.05, 4.69) is 19.2 Å². The summed E-state index contributed by atoms with van der Waals surface area (Å²) < 4.78 is 0. The van der Waals surface area contributed by atoms with Gasteiger partial charge >= 0.3 is 0 Å². The molecule has 90 valence electrons. The first-order chi connectivity index (χ1) is 7.06. The summed E-state index contributed by atoms with van der Waals surface area (Å²) in [5.41, 5.74) is 5.68. The number of rotatable bonds is 8. The predicted molar refractivity (Wildman–Crippen MR) is 64.6 cm³/mol. The third-order valence-corrected chi connectivity index (χ3v) is 2.50. The van der Waals surface area contributed by atoms with Crippen molar-refractivity contribution in [3.63, 3.8) is 0 Å². The molecule has 0 rings (SSSR count). The summed E-state index contributed by atoms with van der Waals surface area (Å²) in [7, 11) is 0. The molecule has 0 aliphatic heterocycles. The molecule has 0 spiro atoms. The predicted octanol–water partition coefficient (Wildman–Crippen LogP) is 2.06. The topological polar surface area (TPSA) is 55.1 Å². The minimum Gasteiger partial charge on any atom is -0.356 e. The Labute approximate surface area is 93.8 Å². The van der Waals surface area contributed by atoms with E-state index in [9.17, 15) is 4.79 Å². The maximum absolute atomic E-state index is 11.3. The number of amides is 1. The van der Waals surface area contributed by atoms with Gasteiger partial charge in [0.2, 0.25) is 5.91 Å². The van der Waals surface area contributed by atoms with Gasteiger partial charge in [0.05, 0.1) is 0 Å². The molecule has 1 unspecified atom stereocenters. The van der Waals surface area contributed by atoms with Crippen molar-refractivity contribution in [3.05, 3.63) is 0 Å². The summed E-state index contributed by atoms with van der Waals surface area (Å²) in [5, 5.41) is 2.90. The van der Waals surface area contributed by atoms with Gasteiger partial charge < -0.3 is 11.1 Å². The number of hydrogen-bond donors (Lipinski definition) is 2. The molecule has 0 heterocycles. The third-order valence-electron chi connectivity index (χ3n) is 2.50. The molecule has 3 N–H and O–H groups in total. The van der Waals surface area contributed by atoms with Gasteiger partial charge in [-0.25, -0.2) is 0 Å². The zero-order chi connectivity index (χ0) is 11.7. The SMILES string of the molecule is CCC(N)CC(=O)NCCCCC(C)C. The first kappa shape index (κ1) is 14.4. The minimum atomic E-state index is 0.0145. The van der Waals surface area contributed by atoms with Gasteiger partial charge in [-0.3, -0.25) is 4.79 Å². The number of carbonyl (C=O) groups excluding carboxylic acids is 1. The highest BCUT2D eigenvalue weighted by molar-refractivity contribution is 5.76. The average molecular weight is 214 g/mol. The van der Waals surface area contributed by atoms with Crippen molar-refractivity contribution < 1.29 is 4.79 Å². The highest BCUT2D eigenvalue weighted by Gasteiger charge is 2.06. The van der Waals surface area contributed by atoms with Crippen LogP contribution in [0.15, 0.2) is 0 Å². The molecule has 0 bridgehead atoms. The Hall–Kier alpha value is -0.570. The number of nitrogens with two attached hydrogens (primary N) is 1. The number of hydrogen-bond acceptors (Lipinski definition) is 2. The molecule has 0 saturated heterocycles. The van der Waals surface area contributed by atoms with E-state index >= 15 is 0 Å². The van der Waals surface area contributed by atoms with E-state index in [1.807, 2.05) is 6.92 Å². The normalized spacial score (nSPS) is 12.9. The zero-order valence-corrected chi connectivity index (χ0v) is 10.4. The number of carbonyl (C=O) groups is 1. The lowest BCUT2D eigenvalue weighted by Gasteiger charge is -2.09. The molecule has 0 saturated carbocycles. The van der Waals surface area contributed by atoms with Crippen LogP contribution in [0.2, 0.25) is 0 Å². The highest BCUT2D eigenvalue weighted by atomic mass is 16.1. The van der Waals surface area contributed by atoms with E-state index in [1.54, 1.807) is 0 Å². The Morgan fingerprint density at radius 3 is 2.53 bits per heavy atom. The average Bonchev–Trinajstić information content (AvgIpc) is 2.16. The van der Waals surface area contributed by atoms with Gasteiger partial charge in [-0.2, -0.15) is 0 Å². The van der Waals surface area contributed by atoms with Gasteiger partial charge in [0.25, 0.3) is 0 Å². The van der Waals surface area contributed by atoms with Crippen LogP contribution in [0.5, 0.6) is 0 Å². The van der Waals surface area contributed by atoms with Crippen molar-refractivity contribution in [2.45, 2.75) is 58.9 Å². The van der Waals surface area contributed by atoms with E-state index in [4.69, 9.17) is 5.73 Å². The van der Waals surface area contributed by atoms with Crippen molar-refractivity contribution in [3.8, 4) is 0 Å². The van der Waals surface area contributed by atoms with E-state index in [0.29, 0.717) is 6.42 Å². The molecular formula is C12H26N2O. The Morgan fingerprint density at radius 1 is 1.33 bits per heavy atom. The summed E-state index contributed by atoms with van der Waals surface area (Å²) in [6.07, 6.45) is 4.83. The van der Waals surface area contributed by atoms with Crippen LogP contribution in [-0.2, 0) is 4.79 Å². The summed E-state index contributed by atoms with van der Waals surface area (Å²) in [6, 6.07) is 0.0145. The Balaban J connectivity index is 3.31. The second-order valence-corrected chi connectivity index (χ2v) is 4.61. The van der Waals surface area contributed by atoms with Gasteiger partial charge in [-0.05, 0) is 18.8 Å². The van der Waals surface area contributed by atoms with Gasteiger partial charge in [0.1, 0.15) is 0 Å². The number of nitrogens with one attached hydrogen (secondary N) is 1. The van der Waals surface area contributed by atoms with Crippen molar-refractivity contribution in [1.82, 2.24) is 5.32 Å². The molecular weight excluding hydrogens is 188 g/mol. The second kappa shape index (κ2) is 8.72. The van der Waals surface area contributed by atoms with Gasteiger partial charge in [-0.15, -0.1) is 0 Å². The first-order valence-electron chi connectivity index (χ1n) is 6.08. The lowest BCUT2D eigenvalue weighted by molar-refractivity contribution is -0.121. The van der Waals surface area contributed by atoms with Crippen LogP contribution in [0.3, 0.4) is 0 Å². The summed E-state index contributed by atoms with van der Waals surface area (Å²) >= 11 is 0. The largest absolute Gasteiger partial charge is 0.356 e. The minimum absolute atomic E-state index is 0.0145. The molecule has 15 heavy (non-hydrogen) atoms. The van der Waals surface area contributed by atoms with Gasteiger partial charge in [0.15, 0.2) is 0 Å². The summed E-state index contributed by atoms with van der Waals surface area (Å²) in [5.74, 6) is 0.850. The Morgan fingerprint density at radius 2 is 2.00 bits per heavy atom. The van der Waals surface area contributed by atoms with E-state index in [1.165, 1.54) is 12.8 Å². The van der Waals surface area contributed by atoms with Crippen LogP contribution >= 0.6 is 0 Å². The zero-order valence-electron chi connectivity index (χ0n) is 10.4. The summed E-state index contributed by atoms with van der Waals surface area (Å²) in [6.45, 7) is 7.24. The maximum atomic E-state index is 11.3. The molecule has 0 aromatic rings. The molecule has 0 aliphatic rings. The molecule has 0 aliphatic carbocycles. The Kier molecular flexibility index (Phi) is 8.38. The number of unbranched alkanes of at least 4 members (excludes halogenated alkanes) is 1. The lowest BCUT2D eigenvalue weighted by atomic mass is 10.1. The van der Waals surface area contributed by atoms with Crippen LogP contribution in [0, 0.1) is 5.92 Å². The molecule has 0 aromatic heterocycles. The summed E-state index contributed by atoms with van der Waals surface area (Å²) in [4.78, 5) is 11.3.